The van der Waals surface area contributed by atoms with Crippen LogP contribution in [0.25, 0.3) is 6.08 Å². The molecule has 0 aliphatic heterocycles. The molecule has 0 saturated carbocycles. The van der Waals surface area contributed by atoms with Crippen LogP contribution < -0.4 is 5.73 Å². The molecule has 0 spiro atoms. The fraction of sp³-hybridized carbons (Fsp3) is 0.222. The second kappa shape index (κ2) is 3.30. The van der Waals surface area contributed by atoms with E-state index in [0.717, 1.165) is 11.3 Å². The Morgan fingerprint density at radius 2 is 2.45 bits per heavy atom. The zero-order valence-corrected chi connectivity index (χ0v) is 6.62. The van der Waals surface area contributed by atoms with E-state index in [4.69, 9.17) is 5.73 Å². The fourth-order valence-electron chi connectivity index (χ4n) is 0.983. The Kier molecular flexibility index (Phi) is 2.39. The first-order valence-electron chi connectivity index (χ1n) is 3.58. The van der Waals surface area contributed by atoms with Crippen molar-refractivity contribution in [3.63, 3.8) is 0 Å². The number of hydrogen-bond donors (Lipinski definition) is 1. The number of rotatable bonds is 2. The molecule has 0 aromatic carbocycles. The average Bonchev–Trinajstić information content (AvgIpc) is 2.04. The van der Waals surface area contributed by atoms with E-state index >= 15 is 0 Å². The largest absolute Gasteiger partial charge is 0.323 e. The van der Waals surface area contributed by atoms with E-state index in [1.54, 1.807) is 12.3 Å². The third kappa shape index (κ3) is 1.65. The zero-order valence-electron chi connectivity index (χ0n) is 6.62. The maximum Gasteiger partial charge on any atom is 0.0640 e. The van der Waals surface area contributed by atoms with Crippen LogP contribution in [0, 0.1) is 0 Å². The third-order valence-corrected chi connectivity index (χ3v) is 1.52. The highest BCUT2D eigenvalue weighted by atomic mass is 14.8. The Morgan fingerprint density at radius 1 is 1.73 bits per heavy atom. The van der Waals surface area contributed by atoms with Crippen LogP contribution in [0.2, 0.25) is 0 Å². The fourth-order valence-corrected chi connectivity index (χ4v) is 0.983. The first-order chi connectivity index (χ1) is 5.25. The van der Waals surface area contributed by atoms with Gasteiger partial charge in [-0.1, -0.05) is 18.7 Å². The quantitative estimate of drug-likeness (QED) is 0.693. The minimum Gasteiger partial charge on any atom is -0.323 e. The van der Waals surface area contributed by atoms with Crippen LogP contribution in [0.3, 0.4) is 0 Å². The molecule has 2 N–H and O–H groups in total. The first-order valence-corrected chi connectivity index (χ1v) is 3.58. The SMILES string of the molecule is C=Cc1cccnc1[C@@H](C)N. The second-order valence-electron chi connectivity index (χ2n) is 2.47. The lowest BCUT2D eigenvalue weighted by molar-refractivity contribution is 0.778. The van der Waals surface area contributed by atoms with Gasteiger partial charge in [0.15, 0.2) is 0 Å². The van der Waals surface area contributed by atoms with Gasteiger partial charge in [0.2, 0.25) is 0 Å². The highest BCUT2D eigenvalue weighted by Gasteiger charge is 2.03. The van der Waals surface area contributed by atoms with Crippen LogP contribution in [-0.4, -0.2) is 4.98 Å². The molecule has 0 aliphatic rings. The summed E-state index contributed by atoms with van der Waals surface area (Å²) in [5.74, 6) is 0. The summed E-state index contributed by atoms with van der Waals surface area (Å²) in [5.41, 5.74) is 7.60. The molecule has 0 unspecified atom stereocenters. The van der Waals surface area contributed by atoms with Gasteiger partial charge in [0, 0.05) is 12.2 Å². The highest BCUT2D eigenvalue weighted by molar-refractivity contribution is 5.49. The van der Waals surface area contributed by atoms with Crippen molar-refractivity contribution in [2.24, 2.45) is 5.73 Å². The summed E-state index contributed by atoms with van der Waals surface area (Å²) in [5, 5.41) is 0. The summed E-state index contributed by atoms with van der Waals surface area (Å²) in [4.78, 5) is 4.15. The lowest BCUT2D eigenvalue weighted by Crippen LogP contribution is -2.08. The summed E-state index contributed by atoms with van der Waals surface area (Å²) in [6.45, 7) is 5.59. The number of pyridine rings is 1. The predicted molar refractivity (Wildman–Crippen MR) is 46.9 cm³/mol. The normalized spacial score (nSPS) is 12.5. The van der Waals surface area contributed by atoms with Crippen molar-refractivity contribution in [1.29, 1.82) is 0 Å². The lowest BCUT2D eigenvalue weighted by atomic mass is 10.1. The Labute approximate surface area is 66.8 Å². The first kappa shape index (κ1) is 7.95. The van der Waals surface area contributed by atoms with E-state index in [9.17, 15) is 0 Å². The topological polar surface area (TPSA) is 38.9 Å². The monoisotopic (exact) mass is 148 g/mol. The minimum atomic E-state index is -0.0239. The highest BCUT2D eigenvalue weighted by Crippen LogP contribution is 2.12. The lowest BCUT2D eigenvalue weighted by Gasteiger charge is -2.06. The van der Waals surface area contributed by atoms with Gasteiger partial charge in [-0.15, -0.1) is 0 Å². The van der Waals surface area contributed by atoms with Crippen LogP contribution in [0.1, 0.15) is 24.2 Å². The molecular formula is C9H12N2. The predicted octanol–water partition coefficient (Wildman–Crippen LogP) is 1.74. The molecule has 0 bridgehead atoms. The Balaban J connectivity index is 3.12. The van der Waals surface area contributed by atoms with Gasteiger partial charge in [0.05, 0.1) is 5.69 Å². The van der Waals surface area contributed by atoms with Crippen molar-refractivity contribution in [2.75, 3.05) is 0 Å². The number of nitrogens with zero attached hydrogens (tertiary/aromatic N) is 1. The molecule has 0 amide bonds. The molecule has 0 fully saturated rings. The molecule has 0 aliphatic carbocycles. The van der Waals surface area contributed by atoms with Gasteiger partial charge >= 0.3 is 0 Å². The van der Waals surface area contributed by atoms with Crippen molar-refractivity contribution < 1.29 is 0 Å². The third-order valence-electron chi connectivity index (χ3n) is 1.52. The molecule has 0 radical (unpaired) electrons. The molecule has 2 nitrogen and oxygen atoms in total. The van der Waals surface area contributed by atoms with Gasteiger partial charge in [-0.25, -0.2) is 0 Å². The van der Waals surface area contributed by atoms with Gasteiger partial charge in [0.25, 0.3) is 0 Å². The van der Waals surface area contributed by atoms with Gasteiger partial charge < -0.3 is 5.73 Å². The number of aromatic nitrogens is 1. The van der Waals surface area contributed by atoms with E-state index in [1.165, 1.54) is 0 Å². The molecule has 1 heterocycles. The van der Waals surface area contributed by atoms with Gasteiger partial charge in [-0.3, -0.25) is 4.98 Å². The van der Waals surface area contributed by atoms with E-state index in [0.29, 0.717) is 0 Å². The van der Waals surface area contributed by atoms with Crippen molar-refractivity contribution in [3.8, 4) is 0 Å². The summed E-state index contributed by atoms with van der Waals surface area (Å²) in [6, 6.07) is 3.81. The summed E-state index contributed by atoms with van der Waals surface area (Å²) in [7, 11) is 0. The van der Waals surface area contributed by atoms with Crippen LogP contribution in [0.15, 0.2) is 24.9 Å². The van der Waals surface area contributed by atoms with Crippen molar-refractivity contribution in [1.82, 2.24) is 4.98 Å². The van der Waals surface area contributed by atoms with Crippen LogP contribution >= 0.6 is 0 Å². The van der Waals surface area contributed by atoms with E-state index in [-0.39, 0.29) is 6.04 Å². The maximum absolute atomic E-state index is 5.68. The Morgan fingerprint density at radius 3 is 2.91 bits per heavy atom. The summed E-state index contributed by atoms with van der Waals surface area (Å²) >= 11 is 0. The van der Waals surface area contributed by atoms with E-state index in [1.807, 2.05) is 19.1 Å². The van der Waals surface area contributed by atoms with Crippen LogP contribution in [0.4, 0.5) is 0 Å². The van der Waals surface area contributed by atoms with Crippen molar-refractivity contribution in [2.45, 2.75) is 13.0 Å². The van der Waals surface area contributed by atoms with Gasteiger partial charge in [-0.2, -0.15) is 0 Å². The van der Waals surface area contributed by atoms with Gasteiger partial charge in [-0.05, 0) is 18.6 Å². The van der Waals surface area contributed by atoms with E-state index < -0.39 is 0 Å². The molecule has 1 atom stereocenters. The summed E-state index contributed by atoms with van der Waals surface area (Å²) in [6.07, 6.45) is 3.51. The molecule has 2 heteroatoms. The second-order valence-corrected chi connectivity index (χ2v) is 2.47. The number of nitrogens with two attached hydrogens (primary N) is 1. The van der Waals surface area contributed by atoms with Crippen molar-refractivity contribution in [3.05, 3.63) is 36.2 Å². The molecule has 58 valence electrons. The van der Waals surface area contributed by atoms with Crippen molar-refractivity contribution >= 4 is 6.08 Å². The molecule has 1 rings (SSSR count). The van der Waals surface area contributed by atoms with Crippen LogP contribution in [0.5, 0.6) is 0 Å². The van der Waals surface area contributed by atoms with Crippen LogP contribution in [-0.2, 0) is 0 Å². The molecular weight excluding hydrogens is 136 g/mol. The molecule has 0 saturated heterocycles. The molecule has 11 heavy (non-hydrogen) atoms. The molecule has 1 aromatic rings. The van der Waals surface area contributed by atoms with Gasteiger partial charge in [0.1, 0.15) is 0 Å². The maximum atomic E-state index is 5.68. The Bertz CT molecular complexity index is 253. The molecule has 1 aromatic heterocycles. The smallest absolute Gasteiger partial charge is 0.0640 e. The Hall–Kier alpha value is -1.15. The average molecular weight is 148 g/mol. The number of hydrogen-bond acceptors (Lipinski definition) is 2. The zero-order chi connectivity index (χ0) is 8.27. The summed E-state index contributed by atoms with van der Waals surface area (Å²) < 4.78 is 0. The standard InChI is InChI=1S/C9H12N2/c1-3-8-5-4-6-11-9(8)7(2)10/h3-7H,1,10H2,2H3/t7-/m1/s1. The van der Waals surface area contributed by atoms with E-state index in [2.05, 4.69) is 11.6 Å². The minimum absolute atomic E-state index is 0.0239.